The molecule has 0 bridgehead atoms. The summed E-state index contributed by atoms with van der Waals surface area (Å²) in [6.45, 7) is 2.78. The molecular formula is C20H24N2O3. The van der Waals surface area contributed by atoms with E-state index in [1.807, 2.05) is 61.6 Å². The summed E-state index contributed by atoms with van der Waals surface area (Å²) < 4.78 is 11.1. The Kier molecular flexibility index (Phi) is 5.90. The first-order valence-corrected chi connectivity index (χ1v) is 8.59. The first-order valence-electron chi connectivity index (χ1n) is 8.59. The summed E-state index contributed by atoms with van der Waals surface area (Å²) in [5.74, 6) is 2.03. The van der Waals surface area contributed by atoms with E-state index in [4.69, 9.17) is 9.47 Å². The Labute approximate surface area is 148 Å². The van der Waals surface area contributed by atoms with Crippen molar-refractivity contribution in [3.63, 3.8) is 0 Å². The van der Waals surface area contributed by atoms with Gasteiger partial charge in [0.15, 0.2) is 0 Å². The van der Waals surface area contributed by atoms with Crippen molar-refractivity contribution in [2.24, 2.45) is 5.92 Å². The van der Waals surface area contributed by atoms with Crippen LogP contribution < -0.4 is 10.1 Å². The number of nitrogens with zero attached hydrogens (tertiary/aromatic N) is 1. The predicted octanol–water partition coefficient (Wildman–Crippen LogP) is 3.66. The minimum absolute atomic E-state index is 0.0588. The van der Waals surface area contributed by atoms with Gasteiger partial charge >= 0.3 is 6.03 Å². The third-order valence-corrected chi connectivity index (χ3v) is 4.25. The Bertz CT molecular complexity index is 667. The number of hydrogen-bond acceptors (Lipinski definition) is 3. The van der Waals surface area contributed by atoms with E-state index in [1.165, 1.54) is 0 Å². The number of para-hydroxylation sites is 1. The number of benzene rings is 2. The summed E-state index contributed by atoms with van der Waals surface area (Å²) >= 11 is 0. The molecule has 5 heteroatoms. The van der Waals surface area contributed by atoms with Gasteiger partial charge in [-0.25, -0.2) is 4.79 Å². The fraction of sp³-hybridized carbons (Fsp3) is 0.350. The Morgan fingerprint density at radius 2 is 1.88 bits per heavy atom. The van der Waals surface area contributed by atoms with Crippen LogP contribution in [0.15, 0.2) is 54.6 Å². The zero-order chi connectivity index (χ0) is 17.5. The second-order valence-electron chi connectivity index (χ2n) is 6.33. The van der Waals surface area contributed by atoms with E-state index in [-0.39, 0.29) is 6.03 Å². The van der Waals surface area contributed by atoms with Crippen LogP contribution in [0, 0.1) is 5.92 Å². The highest BCUT2D eigenvalue weighted by Crippen LogP contribution is 2.21. The molecule has 5 nitrogen and oxygen atoms in total. The molecule has 2 aromatic rings. The quantitative estimate of drug-likeness (QED) is 0.873. The maximum absolute atomic E-state index is 12.2. The fourth-order valence-electron chi connectivity index (χ4n) is 2.81. The number of ether oxygens (including phenoxy) is 2. The SMILES string of the molecule is CN(C[C@@H]1CCOC1)C(=O)NCc1ccc(Oc2ccccc2)cc1. The molecule has 0 aromatic heterocycles. The minimum Gasteiger partial charge on any atom is -0.457 e. The molecule has 25 heavy (non-hydrogen) atoms. The van der Waals surface area contributed by atoms with Crippen LogP contribution in [0.2, 0.25) is 0 Å². The average molecular weight is 340 g/mol. The van der Waals surface area contributed by atoms with E-state index in [9.17, 15) is 4.79 Å². The second-order valence-corrected chi connectivity index (χ2v) is 6.33. The Balaban J connectivity index is 1.45. The van der Waals surface area contributed by atoms with Gasteiger partial charge in [-0.1, -0.05) is 30.3 Å². The Morgan fingerprint density at radius 1 is 1.16 bits per heavy atom. The number of carbonyl (C=O) groups is 1. The van der Waals surface area contributed by atoms with Gasteiger partial charge in [0.2, 0.25) is 0 Å². The molecule has 1 aliphatic heterocycles. The highest BCUT2D eigenvalue weighted by Gasteiger charge is 2.19. The number of rotatable bonds is 6. The lowest BCUT2D eigenvalue weighted by Gasteiger charge is -2.21. The summed E-state index contributed by atoms with van der Waals surface area (Å²) in [6.07, 6.45) is 1.03. The smallest absolute Gasteiger partial charge is 0.317 e. The van der Waals surface area contributed by atoms with Crippen LogP contribution in [-0.2, 0) is 11.3 Å². The van der Waals surface area contributed by atoms with Crippen molar-refractivity contribution in [2.45, 2.75) is 13.0 Å². The summed E-state index contributed by atoms with van der Waals surface area (Å²) in [5, 5.41) is 2.95. The van der Waals surface area contributed by atoms with Crippen LogP contribution in [0.4, 0.5) is 4.79 Å². The fourth-order valence-corrected chi connectivity index (χ4v) is 2.81. The number of nitrogens with one attached hydrogen (secondary N) is 1. The molecular weight excluding hydrogens is 316 g/mol. The van der Waals surface area contributed by atoms with Gasteiger partial charge in [0, 0.05) is 32.7 Å². The number of amides is 2. The molecule has 1 aliphatic rings. The highest BCUT2D eigenvalue weighted by molar-refractivity contribution is 5.73. The summed E-state index contributed by atoms with van der Waals surface area (Å²) in [7, 11) is 1.82. The molecule has 0 saturated carbocycles. The number of hydrogen-bond donors (Lipinski definition) is 1. The minimum atomic E-state index is -0.0588. The lowest BCUT2D eigenvalue weighted by atomic mass is 10.1. The van der Waals surface area contributed by atoms with Gasteiger partial charge < -0.3 is 19.7 Å². The first kappa shape index (κ1) is 17.3. The van der Waals surface area contributed by atoms with Crippen molar-refractivity contribution in [3.05, 3.63) is 60.2 Å². The topological polar surface area (TPSA) is 50.8 Å². The third-order valence-electron chi connectivity index (χ3n) is 4.25. The molecule has 0 unspecified atom stereocenters. The molecule has 0 aliphatic carbocycles. The summed E-state index contributed by atoms with van der Waals surface area (Å²) in [5.41, 5.74) is 1.03. The Morgan fingerprint density at radius 3 is 2.56 bits per heavy atom. The summed E-state index contributed by atoms with van der Waals surface area (Å²) in [4.78, 5) is 13.9. The molecule has 1 saturated heterocycles. The molecule has 0 radical (unpaired) electrons. The van der Waals surface area contributed by atoms with Crippen LogP contribution >= 0.6 is 0 Å². The van der Waals surface area contributed by atoms with Crippen molar-refractivity contribution < 1.29 is 14.3 Å². The number of carbonyl (C=O) groups excluding carboxylic acids is 1. The molecule has 2 amide bonds. The highest BCUT2D eigenvalue weighted by atomic mass is 16.5. The maximum Gasteiger partial charge on any atom is 0.317 e. The van der Waals surface area contributed by atoms with Crippen molar-refractivity contribution in [1.29, 1.82) is 0 Å². The van der Waals surface area contributed by atoms with Crippen LogP contribution in [0.5, 0.6) is 11.5 Å². The van der Waals surface area contributed by atoms with Gasteiger partial charge in [0.1, 0.15) is 11.5 Å². The van der Waals surface area contributed by atoms with Crippen molar-refractivity contribution in [3.8, 4) is 11.5 Å². The molecule has 2 aromatic carbocycles. The molecule has 1 N–H and O–H groups in total. The predicted molar refractivity (Wildman–Crippen MR) is 96.7 cm³/mol. The van der Waals surface area contributed by atoms with Gasteiger partial charge in [-0.2, -0.15) is 0 Å². The zero-order valence-electron chi connectivity index (χ0n) is 14.5. The lowest BCUT2D eigenvalue weighted by molar-refractivity contribution is 0.171. The van der Waals surface area contributed by atoms with Gasteiger partial charge in [-0.15, -0.1) is 0 Å². The van der Waals surface area contributed by atoms with Crippen molar-refractivity contribution in [1.82, 2.24) is 10.2 Å². The maximum atomic E-state index is 12.2. The first-order chi connectivity index (χ1) is 12.2. The van der Waals surface area contributed by atoms with Crippen molar-refractivity contribution >= 4 is 6.03 Å². The van der Waals surface area contributed by atoms with Crippen LogP contribution in [-0.4, -0.2) is 37.7 Å². The normalized spacial score (nSPS) is 16.4. The zero-order valence-corrected chi connectivity index (χ0v) is 14.5. The van der Waals surface area contributed by atoms with E-state index in [2.05, 4.69) is 5.32 Å². The lowest BCUT2D eigenvalue weighted by Crippen LogP contribution is -2.39. The van der Waals surface area contributed by atoms with E-state index < -0.39 is 0 Å². The Hall–Kier alpha value is -2.53. The van der Waals surface area contributed by atoms with Gasteiger partial charge in [-0.05, 0) is 36.2 Å². The van der Waals surface area contributed by atoms with Crippen LogP contribution in [0.25, 0.3) is 0 Å². The molecule has 1 fully saturated rings. The monoisotopic (exact) mass is 340 g/mol. The molecule has 0 spiro atoms. The third kappa shape index (κ3) is 5.22. The van der Waals surface area contributed by atoms with E-state index in [0.29, 0.717) is 12.5 Å². The van der Waals surface area contributed by atoms with Gasteiger partial charge in [0.05, 0.1) is 6.61 Å². The molecule has 132 valence electrons. The van der Waals surface area contributed by atoms with E-state index in [0.717, 1.165) is 43.2 Å². The largest absolute Gasteiger partial charge is 0.457 e. The standard InChI is InChI=1S/C20H24N2O3/c1-22(14-17-11-12-24-15-17)20(23)21-13-16-7-9-19(10-8-16)25-18-5-3-2-4-6-18/h2-10,17H,11-15H2,1H3,(H,21,23)/t17-/m0/s1. The summed E-state index contributed by atoms with van der Waals surface area (Å²) in [6, 6.07) is 17.3. The van der Waals surface area contributed by atoms with E-state index in [1.54, 1.807) is 4.90 Å². The van der Waals surface area contributed by atoms with Crippen LogP contribution in [0.1, 0.15) is 12.0 Å². The van der Waals surface area contributed by atoms with Gasteiger partial charge in [-0.3, -0.25) is 0 Å². The second kappa shape index (κ2) is 8.53. The van der Waals surface area contributed by atoms with E-state index >= 15 is 0 Å². The number of urea groups is 1. The van der Waals surface area contributed by atoms with Gasteiger partial charge in [0.25, 0.3) is 0 Å². The molecule has 1 atom stereocenters. The van der Waals surface area contributed by atoms with Crippen molar-refractivity contribution in [2.75, 3.05) is 26.8 Å². The molecule has 3 rings (SSSR count). The van der Waals surface area contributed by atoms with Crippen LogP contribution in [0.3, 0.4) is 0 Å². The molecule has 1 heterocycles. The average Bonchev–Trinajstić information content (AvgIpc) is 3.14.